The van der Waals surface area contributed by atoms with E-state index in [1.807, 2.05) is 59.5 Å². The van der Waals surface area contributed by atoms with Gasteiger partial charge in [0.2, 0.25) is 5.91 Å². The number of ether oxygens (including phenoxy) is 2. The van der Waals surface area contributed by atoms with Crippen LogP contribution in [0.15, 0.2) is 97.1 Å². The number of rotatable bonds is 3. The van der Waals surface area contributed by atoms with Gasteiger partial charge in [0.25, 0.3) is 0 Å². The second-order valence-electron chi connectivity index (χ2n) is 9.52. The number of para-hydroxylation sites is 1. The molecule has 3 aliphatic rings. The zero-order chi connectivity index (χ0) is 23.4. The van der Waals surface area contributed by atoms with Gasteiger partial charge < -0.3 is 9.47 Å². The summed E-state index contributed by atoms with van der Waals surface area (Å²) in [5.74, 6) is 1.70. The standard InChI is InChI=1S/C31H25NO3/c33-30-31(20-35-28-19-27-23(18-25(28)31)14-9-17-34-27)24-15-7-8-16-26(24)32(30)29(21-10-3-1-4-11-21)22-12-5-2-6-13-22/h1-8,10-13,15-16,18-19,29H,9,14,17,20H2. The largest absolute Gasteiger partial charge is 0.493 e. The molecular weight excluding hydrogens is 434 g/mol. The number of anilines is 1. The molecule has 1 spiro atoms. The predicted molar refractivity (Wildman–Crippen MR) is 135 cm³/mol. The van der Waals surface area contributed by atoms with Gasteiger partial charge in [0, 0.05) is 17.3 Å². The third-order valence-electron chi connectivity index (χ3n) is 7.61. The minimum absolute atomic E-state index is 0.0619. The van der Waals surface area contributed by atoms with Gasteiger partial charge in [-0.15, -0.1) is 0 Å². The molecule has 0 saturated carbocycles. The fourth-order valence-electron chi connectivity index (χ4n) is 5.99. The molecule has 4 nitrogen and oxygen atoms in total. The molecule has 3 aliphatic heterocycles. The molecule has 0 fully saturated rings. The second-order valence-corrected chi connectivity index (χ2v) is 9.52. The quantitative estimate of drug-likeness (QED) is 0.387. The number of aryl methyl sites for hydroxylation is 1. The van der Waals surface area contributed by atoms with E-state index in [-0.39, 0.29) is 11.9 Å². The minimum Gasteiger partial charge on any atom is -0.493 e. The first kappa shape index (κ1) is 20.3. The Hall–Kier alpha value is -4.05. The lowest BCUT2D eigenvalue weighted by atomic mass is 9.76. The Morgan fingerprint density at radius 3 is 2.17 bits per heavy atom. The topological polar surface area (TPSA) is 38.8 Å². The molecule has 0 saturated heterocycles. The van der Waals surface area contributed by atoms with Crippen LogP contribution in [0.4, 0.5) is 5.69 Å². The van der Waals surface area contributed by atoms with Crippen LogP contribution in [0.2, 0.25) is 0 Å². The van der Waals surface area contributed by atoms with Gasteiger partial charge in [-0.2, -0.15) is 0 Å². The summed E-state index contributed by atoms with van der Waals surface area (Å²) in [6.07, 6.45) is 1.94. The van der Waals surface area contributed by atoms with Crippen molar-refractivity contribution in [1.82, 2.24) is 0 Å². The van der Waals surface area contributed by atoms with Crippen LogP contribution in [0.1, 0.15) is 40.3 Å². The lowest BCUT2D eigenvalue weighted by Crippen LogP contribution is -2.44. The van der Waals surface area contributed by atoms with Crippen molar-refractivity contribution in [3.05, 3.63) is 125 Å². The van der Waals surface area contributed by atoms with E-state index in [1.54, 1.807) is 0 Å². The summed E-state index contributed by atoms with van der Waals surface area (Å²) >= 11 is 0. The number of fused-ring (bicyclic) bond motifs is 5. The molecule has 7 rings (SSSR count). The number of benzene rings is 4. The van der Waals surface area contributed by atoms with Crippen molar-refractivity contribution in [1.29, 1.82) is 0 Å². The first-order chi connectivity index (χ1) is 17.3. The Bertz CT molecular complexity index is 1390. The molecule has 0 bridgehead atoms. The van der Waals surface area contributed by atoms with Gasteiger partial charge in [0.05, 0.1) is 12.6 Å². The van der Waals surface area contributed by atoms with Crippen molar-refractivity contribution in [3.8, 4) is 11.5 Å². The fraction of sp³-hybridized carbons (Fsp3) is 0.194. The van der Waals surface area contributed by atoms with Gasteiger partial charge in [-0.3, -0.25) is 9.69 Å². The maximum atomic E-state index is 14.7. The summed E-state index contributed by atoms with van der Waals surface area (Å²) in [6.45, 7) is 1.02. The highest BCUT2D eigenvalue weighted by Gasteiger charge is 2.58. The van der Waals surface area contributed by atoms with Crippen LogP contribution < -0.4 is 14.4 Å². The van der Waals surface area contributed by atoms with E-state index >= 15 is 0 Å². The SMILES string of the molecule is O=C1N(C(c2ccccc2)c2ccccc2)c2ccccc2C12COc1cc3c(cc12)CCCO3. The molecule has 172 valence electrons. The number of hydrogen-bond donors (Lipinski definition) is 0. The average Bonchev–Trinajstić information content (AvgIpc) is 3.41. The maximum Gasteiger partial charge on any atom is 0.246 e. The van der Waals surface area contributed by atoms with Gasteiger partial charge in [-0.05, 0) is 47.2 Å². The van der Waals surface area contributed by atoms with Crippen molar-refractivity contribution in [2.24, 2.45) is 0 Å². The fourth-order valence-corrected chi connectivity index (χ4v) is 5.99. The molecule has 4 aromatic carbocycles. The number of hydrogen-bond acceptors (Lipinski definition) is 3. The smallest absolute Gasteiger partial charge is 0.246 e. The molecule has 1 unspecified atom stereocenters. The Balaban J connectivity index is 1.45. The maximum absolute atomic E-state index is 14.7. The third-order valence-corrected chi connectivity index (χ3v) is 7.61. The van der Waals surface area contributed by atoms with Gasteiger partial charge in [0.1, 0.15) is 23.5 Å². The summed E-state index contributed by atoms with van der Waals surface area (Å²) in [6, 6.07) is 32.7. The molecule has 4 aromatic rings. The zero-order valence-corrected chi connectivity index (χ0v) is 19.3. The number of nitrogens with zero attached hydrogens (tertiary/aromatic N) is 1. The summed E-state index contributed by atoms with van der Waals surface area (Å²) in [4.78, 5) is 16.7. The van der Waals surface area contributed by atoms with Crippen molar-refractivity contribution in [3.63, 3.8) is 0 Å². The van der Waals surface area contributed by atoms with Crippen molar-refractivity contribution >= 4 is 11.6 Å². The highest BCUT2D eigenvalue weighted by Crippen LogP contribution is 2.56. The molecule has 0 radical (unpaired) electrons. The van der Waals surface area contributed by atoms with Crippen LogP contribution in [0, 0.1) is 0 Å². The highest BCUT2D eigenvalue weighted by atomic mass is 16.5. The lowest BCUT2D eigenvalue weighted by molar-refractivity contribution is -0.122. The van der Waals surface area contributed by atoms with Crippen molar-refractivity contribution in [2.75, 3.05) is 18.1 Å². The Morgan fingerprint density at radius 2 is 1.43 bits per heavy atom. The molecule has 1 amide bonds. The van der Waals surface area contributed by atoms with E-state index in [2.05, 4.69) is 42.5 Å². The van der Waals surface area contributed by atoms with Crippen LogP contribution in [-0.2, 0) is 16.6 Å². The Labute approximate surface area is 204 Å². The van der Waals surface area contributed by atoms with E-state index in [9.17, 15) is 4.79 Å². The first-order valence-electron chi connectivity index (χ1n) is 12.2. The van der Waals surface area contributed by atoms with E-state index < -0.39 is 5.41 Å². The predicted octanol–water partition coefficient (Wildman–Crippen LogP) is 5.83. The van der Waals surface area contributed by atoms with Crippen LogP contribution in [0.25, 0.3) is 0 Å². The lowest BCUT2D eigenvalue weighted by Gasteiger charge is -2.31. The Kier molecular flexibility index (Phi) is 4.50. The number of amides is 1. The third kappa shape index (κ3) is 2.89. The van der Waals surface area contributed by atoms with Crippen LogP contribution >= 0.6 is 0 Å². The van der Waals surface area contributed by atoms with E-state index in [0.29, 0.717) is 6.61 Å². The summed E-state index contributed by atoms with van der Waals surface area (Å²) in [5.41, 5.74) is 5.37. The van der Waals surface area contributed by atoms with E-state index in [4.69, 9.17) is 9.47 Å². The van der Waals surface area contributed by atoms with Gasteiger partial charge in [-0.1, -0.05) is 78.9 Å². The second kappa shape index (κ2) is 7.74. The molecule has 0 aliphatic carbocycles. The Morgan fingerprint density at radius 1 is 0.743 bits per heavy atom. The monoisotopic (exact) mass is 459 g/mol. The van der Waals surface area contributed by atoms with E-state index in [1.165, 1.54) is 0 Å². The zero-order valence-electron chi connectivity index (χ0n) is 19.3. The molecule has 0 aromatic heterocycles. The summed E-state index contributed by atoms with van der Waals surface area (Å²) in [5, 5.41) is 0. The molecule has 0 N–H and O–H groups in total. The van der Waals surface area contributed by atoms with E-state index in [0.717, 1.165) is 64.5 Å². The highest BCUT2D eigenvalue weighted by molar-refractivity contribution is 6.12. The molecule has 3 heterocycles. The molecule has 35 heavy (non-hydrogen) atoms. The van der Waals surface area contributed by atoms with Crippen LogP contribution in [0.5, 0.6) is 11.5 Å². The summed E-state index contributed by atoms with van der Waals surface area (Å²) < 4.78 is 12.1. The average molecular weight is 460 g/mol. The van der Waals surface area contributed by atoms with Crippen molar-refractivity contribution < 1.29 is 14.3 Å². The molecule has 4 heteroatoms. The summed E-state index contributed by atoms with van der Waals surface area (Å²) in [7, 11) is 0. The normalized spacial score (nSPS) is 19.8. The number of carbonyl (C=O) groups excluding carboxylic acids is 1. The van der Waals surface area contributed by atoms with Crippen LogP contribution in [0.3, 0.4) is 0 Å². The first-order valence-corrected chi connectivity index (χ1v) is 12.2. The van der Waals surface area contributed by atoms with Gasteiger partial charge in [0.15, 0.2) is 0 Å². The minimum atomic E-state index is -0.861. The van der Waals surface area contributed by atoms with Crippen molar-refractivity contribution in [2.45, 2.75) is 24.3 Å². The van der Waals surface area contributed by atoms with Crippen LogP contribution in [-0.4, -0.2) is 19.1 Å². The van der Waals surface area contributed by atoms with Gasteiger partial charge >= 0.3 is 0 Å². The molecular formula is C31H25NO3. The number of carbonyl (C=O) groups is 1. The molecule has 1 atom stereocenters. The van der Waals surface area contributed by atoms with Gasteiger partial charge in [-0.25, -0.2) is 0 Å².